The smallest absolute Gasteiger partial charge is 0.133 e. The Bertz CT molecular complexity index is 736. The van der Waals surface area contributed by atoms with E-state index in [0.29, 0.717) is 5.39 Å². The van der Waals surface area contributed by atoms with Gasteiger partial charge in [-0.05, 0) is 30.8 Å². The average molecular weight is 286 g/mol. The Morgan fingerprint density at radius 2 is 1.95 bits per heavy atom. The van der Waals surface area contributed by atoms with E-state index in [1.54, 1.807) is 17.8 Å². The van der Waals surface area contributed by atoms with Crippen molar-refractivity contribution < 1.29 is 4.39 Å². The molecule has 2 aromatic carbocycles. The molecule has 0 unspecified atom stereocenters. The topological polar surface area (TPSA) is 27.8 Å². The van der Waals surface area contributed by atoms with E-state index in [9.17, 15) is 4.39 Å². The van der Waals surface area contributed by atoms with Crippen LogP contribution in [0, 0.1) is 5.82 Å². The molecular weight excluding hydrogens is 271 g/mol. The van der Waals surface area contributed by atoms with E-state index >= 15 is 0 Å². The van der Waals surface area contributed by atoms with Gasteiger partial charge >= 0.3 is 0 Å². The number of hydrogen-bond acceptors (Lipinski definition) is 2. The van der Waals surface area contributed by atoms with E-state index in [0.717, 1.165) is 21.9 Å². The van der Waals surface area contributed by atoms with Crippen LogP contribution in [0.3, 0.4) is 0 Å². The third kappa shape index (κ3) is 2.44. The van der Waals surface area contributed by atoms with Gasteiger partial charge in [0.1, 0.15) is 5.82 Å². The van der Waals surface area contributed by atoms with Crippen LogP contribution in [0.4, 0.5) is 4.39 Å². The summed E-state index contributed by atoms with van der Waals surface area (Å²) in [5, 5.41) is 3.82. The number of aromatic nitrogens is 1. The SMILES string of the molecule is CNCc1ccccc1Sc1c[nH]c2cccc(F)c12. The van der Waals surface area contributed by atoms with Crippen molar-refractivity contribution in [3.8, 4) is 0 Å². The molecule has 3 aromatic rings. The molecule has 102 valence electrons. The summed E-state index contributed by atoms with van der Waals surface area (Å²) in [6.45, 7) is 0.800. The molecule has 0 aliphatic carbocycles. The van der Waals surface area contributed by atoms with Gasteiger partial charge in [-0.2, -0.15) is 0 Å². The Kier molecular flexibility index (Phi) is 3.76. The van der Waals surface area contributed by atoms with Gasteiger partial charge in [0.05, 0.1) is 0 Å². The number of halogens is 1. The second kappa shape index (κ2) is 5.69. The molecule has 0 saturated heterocycles. The fraction of sp³-hybridized carbons (Fsp3) is 0.125. The average Bonchev–Trinajstić information content (AvgIpc) is 2.86. The highest BCUT2D eigenvalue weighted by Gasteiger charge is 2.11. The van der Waals surface area contributed by atoms with Crippen LogP contribution in [0.2, 0.25) is 0 Å². The van der Waals surface area contributed by atoms with Crippen molar-refractivity contribution in [2.45, 2.75) is 16.3 Å². The van der Waals surface area contributed by atoms with Crippen molar-refractivity contribution in [2.24, 2.45) is 0 Å². The Balaban J connectivity index is 2.02. The lowest BCUT2D eigenvalue weighted by molar-refractivity contribution is 0.638. The number of H-pyrrole nitrogens is 1. The molecule has 1 heterocycles. The molecule has 1 aromatic heterocycles. The van der Waals surface area contributed by atoms with Crippen LogP contribution < -0.4 is 5.32 Å². The summed E-state index contributed by atoms with van der Waals surface area (Å²) < 4.78 is 14.0. The third-order valence-electron chi connectivity index (χ3n) is 3.18. The van der Waals surface area contributed by atoms with E-state index in [1.165, 1.54) is 11.6 Å². The van der Waals surface area contributed by atoms with Gasteiger partial charge in [0, 0.05) is 33.4 Å². The number of nitrogens with one attached hydrogen (secondary N) is 2. The van der Waals surface area contributed by atoms with Gasteiger partial charge < -0.3 is 10.3 Å². The molecule has 0 radical (unpaired) electrons. The predicted octanol–water partition coefficient (Wildman–Crippen LogP) is 4.18. The maximum Gasteiger partial charge on any atom is 0.133 e. The van der Waals surface area contributed by atoms with E-state index in [1.807, 2.05) is 31.4 Å². The summed E-state index contributed by atoms with van der Waals surface area (Å²) in [5.74, 6) is -0.183. The Morgan fingerprint density at radius 3 is 2.80 bits per heavy atom. The first-order valence-corrected chi connectivity index (χ1v) is 7.27. The molecule has 0 bridgehead atoms. The minimum absolute atomic E-state index is 0.183. The first-order valence-electron chi connectivity index (χ1n) is 6.45. The highest BCUT2D eigenvalue weighted by Crippen LogP contribution is 2.36. The zero-order valence-corrected chi connectivity index (χ0v) is 11.9. The molecule has 0 aliphatic rings. The molecular formula is C16H15FN2S. The van der Waals surface area contributed by atoms with Crippen LogP contribution in [-0.2, 0) is 6.54 Å². The van der Waals surface area contributed by atoms with E-state index < -0.39 is 0 Å². The molecule has 0 aliphatic heterocycles. The molecule has 0 fully saturated rings. The number of rotatable bonds is 4. The zero-order valence-electron chi connectivity index (χ0n) is 11.1. The molecule has 0 saturated carbocycles. The quantitative estimate of drug-likeness (QED) is 0.753. The maximum absolute atomic E-state index is 14.0. The van der Waals surface area contributed by atoms with Gasteiger partial charge in [-0.3, -0.25) is 0 Å². The molecule has 4 heteroatoms. The van der Waals surface area contributed by atoms with E-state index in [-0.39, 0.29) is 5.82 Å². The van der Waals surface area contributed by atoms with Gasteiger partial charge in [0.25, 0.3) is 0 Å². The van der Waals surface area contributed by atoms with Crippen LogP contribution in [0.25, 0.3) is 10.9 Å². The number of fused-ring (bicyclic) bond motifs is 1. The monoisotopic (exact) mass is 286 g/mol. The van der Waals surface area contributed by atoms with E-state index in [2.05, 4.69) is 22.4 Å². The van der Waals surface area contributed by atoms with Crippen molar-refractivity contribution in [3.63, 3.8) is 0 Å². The lowest BCUT2D eigenvalue weighted by Gasteiger charge is -2.08. The molecule has 2 N–H and O–H groups in total. The summed E-state index contributed by atoms with van der Waals surface area (Å²) in [5.41, 5.74) is 2.05. The normalized spacial score (nSPS) is 11.1. The largest absolute Gasteiger partial charge is 0.360 e. The predicted molar refractivity (Wildman–Crippen MR) is 81.6 cm³/mol. The van der Waals surface area contributed by atoms with Gasteiger partial charge in [-0.1, -0.05) is 36.0 Å². The number of benzene rings is 2. The first kappa shape index (κ1) is 13.2. The lowest BCUT2D eigenvalue weighted by Crippen LogP contribution is -2.05. The number of aromatic amines is 1. The molecule has 0 amide bonds. The second-order valence-electron chi connectivity index (χ2n) is 4.56. The second-order valence-corrected chi connectivity index (χ2v) is 5.64. The van der Waals surface area contributed by atoms with Crippen LogP contribution >= 0.6 is 11.8 Å². The highest BCUT2D eigenvalue weighted by molar-refractivity contribution is 7.99. The Labute approximate surface area is 121 Å². The van der Waals surface area contributed by atoms with Crippen LogP contribution in [-0.4, -0.2) is 12.0 Å². The summed E-state index contributed by atoms with van der Waals surface area (Å²) in [6.07, 6.45) is 1.87. The Hall–Kier alpha value is -1.78. The van der Waals surface area contributed by atoms with Crippen LogP contribution in [0.5, 0.6) is 0 Å². The standard InChI is InChI=1S/C16H15FN2S/c1-18-9-11-5-2-3-8-14(11)20-15-10-19-13-7-4-6-12(17)16(13)15/h2-8,10,18-19H,9H2,1H3. The minimum Gasteiger partial charge on any atom is -0.360 e. The summed E-state index contributed by atoms with van der Waals surface area (Å²) in [7, 11) is 1.92. The van der Waals surface area contributed by atoms with Crippen LogP contribution in [0.15, 0.2) is 58.5 Å². The third-order valence-corrected chi connectivity index (χ3v) is 4.34. The zero-order chi connectivity index (χ0) is 13.9. The molecule has 3 rings (SSSR count). The lowest BCUT2D eigenvalue weighted by atomic mass is 10.2. The van der Waals surface area contributed by atoms with Crippen molar-refractivity contribution in [3.05, 3.63) is 60.0 Å². The number of hydrogen-bond donors (Lipinski definition) is 2. The van der Waals surface area contributed by atoms with Crippen molar-refractivity contribution in [2.75, 3.05) is 7.05 Å². The molecule has 2 nitrogen and oxygen atoms in total. The van der Waals surface area contributed by atoms with Crippen molar-refractivity contribution in [1.29, 1.82) is 0 Å². The van der Waals surface area contributed by atoms with Gasteiger partial charge in [0.15, 0.2) is 0 Å². The van der Waals surface area contributed by atoms with Gasteiger partial charge in [-0.25, -0.2) is 4.39 Å². The van der Waals surface area contributed by atoms with Crippen molar-refractivity contribution in [1.82, 2.24) is 10.3 Å². The van der Waals surface area contributed by atoms with Gasteiger partial charge in [0.2, 0.25) is 0 Å². The first-order chi connectivity index (χ1) is 9.79. The fourth-order valence-electron chi connectivity index (χ4n) is 2.25. The maximum atomic E-state index is 14.0. The fourth-order valence-corrected chi connectivity index (χ4v) is 3.33. The minimum atomic E-state index is -0.183. The summed E-state index contributed by atoms with van der Waals surface area (Å²) in [6, 6.07) is 13.3. The molecule has 0 spiro atoms. The van der Waals surface area contributed by atoms with Gasteiger partial charge in [-0.15, -0.1) is 0 Å². The highest BCUT2D eigenvalue weighted by atomic mass is 32.2. The molecule has 0 atom stereocenters. The summed E-state index contributed by atoms with van der Waals surface area (Å²) in [4.78, 5) is 5.19. The Morgan fingerprint density at radius 1 is 1.10 bits per heavy atom. The molecule has 20 heavy (non-hydrogen) atoms. The van der Waals surface area contributed by atoms with E-state index in [4.69, 9.17) is 0 Å². The summed E-state index contributed by atoms with van der Waals surface area (Å²) >= 11 is 1.59. The van der Waals surface area contributed by atoms with Crippen molar-refractivity contribution >= 4 is 22.7 Å². The van der Waals surface area contributed by atoms with Crippen LogP contribution in [0.1, 0.15) is 5.56 Å².